The quantitative estimate of drug-likeness (QED) is 0.837. The van der Waals surface area contributed by atoms with E-state index in [1.54, 1.807) is 17.9 Å². The number of rotatable bonds is 4. The first-order valence-electron chi connectivity index (χ1n) is 8.50. The van der Waals surface area contributed by atoms with E-state index >= 15 is 0 Å². The van der Waals surface area contributed by atoms with E-state index in [2.05, 4.69) is 15.5 Å². The molecule has 3 amide bonds. The molecule has 0 radical (unpaired) electrons. The number of nitrogens with one attached hydrogen (secondary N) is 2. The monoisotopic (exact) mass is 384 g/mol. The molecular formula is C17H22Cl2N4O2. The molecule has 1 heterocycles. The minimum Gasteiger partial charge on any atom is -0.368 e. The molecule has 25 heavy (non-hydrogen) atoms. The summed E-state index contributed by atoms with van der Waals surface area (Å²) in [7, 11) is 0. The summed E-state index contributed by atoms with van der Waals surface area (Å²) in [6.07, 6.45) is 2.06. The number of carbonyl (C=O) groups is 2. The number of carbonyl (C=O) groups excluding carboxylic acids is 2. The number of nitrogens with zero attached hydrogens (tertiary/aromatic N) is 2. The van der Waals surface area contributed by atoms with Crippen LogP contribution in [-0.2, 0) is 4.79 Å². The molecule has 0 bridgehead atoms. The maximum Gasteiger partial charge on any atom is 0.318 e. The van der Waals surface area contributed by atoms with Crippen molar-refractivity contribution in [3.05, 3.63) is 28.2 Å². The zero-order chi connectivity index (χ0) is 18.0. The number of amides is 3. The molecule has 2 aliphatic rings. The number of benzene rings is 1. The number of halogens is 2. The molecule has 1 aromatic rings. The van der Waals surface area contributed by atoms with Crippen LogP contribution in [0.3, 0.4) is 0 Å². The minimum atomic E-state index is -0.527. The highest BCUT2D eigenvalue weighted by atomic mass is 35.5. The van der Waals surface area contributed by atoms with Gasteiger partial charge in [-0.15, -0.1) is 0 Å². The van der Waals surface area contributed by atoms with E-state index in [0.717, 1.165) is 18.5 Å². The van der Waals surface area contributed by atoms with Gasteiger partial charge in [0, 0.05) is 37.9 Å². The van der Waals surface area contributed by atoms with Crippen LogP contribution in [-0.4, -0.2) is 55.1 Å². The lowest BCUT2D eigenvalue weighted by atomic mass is 10.2. The largest absolute Gasteiger partial charge is 0.368 e. The molecule has 1 saturated heterocycles. The summed E-state index contributed by atoms with van der Waals surface area (Å²) in [5.41, 5.74) is 0.992. The molecule has 0 spiro atoms. The van der Waals surface area contributed by atoms with Crippen molar-refractivity contribution in [2.75, 3.05) is 31.1 Å². The molecular weight excluding hydrogens is 363 g/mol. The molecule has 1 aliphatic heterocycles. The first-order chi connectivity index (χ1) is 11.9. The Morgan fingerprint density at radius 3 is 2.40 bits per heavy atom. The van der Waals surface area contributed by atoms with Gasteiger partial charge in [-0.05, 0) is 38.0 Å². The maximum absolute atomic E-state index is 12.3. The molecule has 2 N–H and O–H groups in total. The van der Waals surface area contributed by atoms with Crippen LogP contribution in [0.25, 0.3) is 0 Å². The third-order valence-corrected chi connectivity index (χ3v) is 5.23. The van der Waals surface area contributed by atoms with Crippen LogP contribution in [0.4, 0.5) is 10.5 Å². The lowest BCUT2D eigenvalue weighted by Gasteiger charge is -2.36. The predicted octanol–water partition coefficient (Wildman–Crippen LogP) is 2.49. The Balaban J connectivity index is 1.48. The number of urea groups is 1. The highest BCUT2D eigenvalue weighted by Gasteiger charge is 2.28. The van der Waals surface area contributed by atoms with Crippen molar-refractivity contribution in [2.24, 2.45) is 0 Å². The molecule has 0 aromatic heterocycles. The third-order valence-electron chi connectivity index (χ3n) is 4.49. The number of hydrogen-bond donors (Lipinski definition) is 2. The van der Waals surface area contributed by atoms with Gasteiger partial charge in [0.1, 0.15) is 6.04 Å². The Morgan fingerprint density at radius 2 is 1.80 bits per heavy atom. The fourth-order valence-electron chi connectivity index (χ4n) is 2.75. The van der Waals surface area contributed by atoms with Gasteiger partial charge in [0.2, 0.25) is 5.91 Å². The van der Waals surface area contributed by atoms with E-state index in [0.29, 0.717) is 42.3 Å². The number of hydrogen-bond acceptors (Lipinski definition) is 3. The number of anilines is 1. The SMILES string of the molecule is C[C@@H](NC(=O)N1CCN(c2ccc(Cl)c(Cl)c2)CC1)C(=O)NC1CC1. The Kier molecular flexibility index (Phi) is 5.59. The fraction of sp³-hybridized carbons (Fsp3) is 0.529. The highest BCUT2D eigenvalue weighted by Crippen LogP contribution is 2.27. The molecule has 0 unspecified atom stereocenters. The van der Waals surface area contributed by atoms with Crippen molar-refractivity contribution < 1.29 is 9.59 Å². The van der Waals surface area contributed by atoms with Crippen molar-refractivity contribution in [3.63, 3.8) is 0 Å². The van der Waals surface area contributed by atoms with Gasteiger partial charge in [-0.2, -0.15) is 0 Å². The fourth-order valence-corrected chi connectivity index (χ4v) is 3.04. The second-order valence-electron chi connectivity index (χ2n) is 6.53. The van der Waals surface area contributed by atoms with E-state index in [4.69, 9.17) is 23.2 Å². The van der Waals surface area contributed by atoms with Gasteiger partial charge in [0.05, 0.1) is 10.0 Å². The smallest absolute Gasteiger partial charge is 0.318 e. The minimum absolute atomic E-state index is 0.120. The van der Waals surface area contributed by atoms with Gasteiger partial charge in [0.15, 0.2) is 0 Å². The van der Waals surface area contributed by atoms with Crippen LogP contribution in [0.15, 0.2) is 18.2 Å². The van der Waals surface area contributed by atoms with E-state index in [1.807, 2.05) is 12.1 Å². The lowest BCUT2D eigenvalue weighted by Crippen LogP contribution is -2.55. The normalized spacial score (nSPS) is 18.7. The highest BCUT2D eigenvalue weighted by molar-refractivity contribution is 6.42. The van der Waals surface area contributed by atoms with Crippen molar-refractivity contribution in [1.29, 1.82) is 0 Å². The summed E-state index contributed by atoms with van der Waals surface area (Å²) in [6.45, 7) is 4.29. The van der Waals surface area contributed by atoms with Crippen LogP contribution >= 0.6 is 23.2 Å². The van der Waals surface area contributed by atoms with Crippen molar-refractivity contribution in [2.45, 2.75) is 31.8 Å². The summed E-state index contributed by atoms with van der Waals surface area (Å²) in [6, 6.07) is 5.10. The standard InChI is InChI=1S/C17H22Cl2N4O2/c1-11(16(24)21-12-2-3-12)20-17(25)23-8-6-22(7-9-23)13-4-5-14(18)15(19)10-13/h4-5,10-12H,2-3,6-9H2,1H3,(H,20,25)(H,21,24)/t11-/m1/s1. The summed E-state index contributed by atoms with van der Waals surface area (Å²) >= 11 is 12.0. The van der Waals surface area contributed by atoms with Gasteiger partial charge >= 0.3 is 6.03 Å². The Hall–Kier alpha value is -1.66. The average molecular weight is 385 g/mol. The van der Waals surface area contributed by atoms with Gasteiger partial charge < -0.3 is 20.4 Å². The summed E-state index contributed by atoms with van der Waals surface area (Å²) in [5, 5.41) is 6.72. The molecule has 8 heteroatoms. The molecule has 1 aromatic carbocycles. The first-order valence-corrected chi connectivity index (χ1v) is 9.25. The molecule has 3 rings (SSSR count). The average Bonchev–Trinajstić information content (AvgIpc) is 3.41. The second kappa shape index (κ2) is 7.70. The second-order valence-corrected chi connectivity index (χ2v) is 7.34. The van der Waals surface area contributed by atoms with Crippen LogP contribution < -0.4 is 15.5 Å². The van der Waals surface area contributed by atoms with E-state index in [9.17, 15) is 9.59 Å². The van der Waals surface area contributed by atoms with Crippen LogP contribution in [0.2, 0.25) is 10.0 Å². The Labute approximate surface area is 157 Å². The van der Waals surface area contributed by atoms with Gasteiger partial charge in [-0.25, -0.2) is 4.79 Å². The summed E-state index contributed by atoms with van der Waals surface area (Å²) in [4.78, 5) is 28.2. The molecule has 136 valence electrons. The van der Waals surface area contributed by atoms with Crippen molar-refractivity contribution >= 4 is 40.8 Å². The molecule has 6 nitrogen and oxygen atoms in total. The lowest BCUT2D eigenvalue weighted by molar-refractivity contribution is -0.122. The zero-order valence-electron chi connectivity index (χ0n) is 14.1. The Morgan fingerprint density at radius 1 is 1.12 bits per heavy atom. The third kappa shape index (κ3) is 4.70. The zero-order valence-corrected chi connectivity index (χ0v) is 15.6. The topological polar surface area (TPSA) is 64.7 Å². The molecule has 2 fully saturated rings. The van der Waals surface area contributed by atoms with Gasteiger partial charge in [-0.1, -0.05) is 23.2 Å². The molecule has 1 aliphatic carbocycles. The first kappa shape index (κ1) is 18.1. The maximum atomic E-state index is 12.3. The van der Waals surface area contributed by atoms with Gasteiger partial charge in [0.25, 0.3) is 0 Å². The predicted molar refractivity (Wildman–Crippen MR) is 99.4 cm³/mol. The number of piperazine rings is 1. The van der Waals surface area contributed by atoms with Crippen molar-refractivity contribution in [1.82, 2.24) is 15.5 Å². The molecule has 1 atom stereocenters. The van der Waals surface area contributed by atoms with Crippen molar-refractivity contribution in [3.8, 4) is 0 Å². The van der Waals surface area contributed by atoms with E-state index in [1.165, 1.54) is 0 Å². The summed E-state index contributed by atoms with van der Waals surface area (Å²) in [5.74, 6) is -0.120. The molecule has 1 saturated carbocycles. The summed E-state index contributed by atoms with van der Waals surface area (Å²) < 4.78 is 0. The van der Waals surface area contributed by atoms with Gasteiger partial charge in [-0.3, -0.25) is 4.79 Å². The van der Waals surface area contributed by atoms with E-state index < -0.39 is 6.04 Å². The van der Waals surface area contributed by atoms with Crippen LogP contribution in [0.5, 0.6) is 0 Å². The van der Waals surface area contributed by atoms with Crippen LogP contribution in [0.1, 0.15) is 19.8 Å². The van der Waals surface area contributed by atoms with E-state index in [-0.39, 0.29) is 11.9 Å². The Bertz CT molecular complexity index is 658. The van der Waals surface area contributed by atoms with Crippen LogP contribution in [0, 0.1) is 0 Å².